The minimum atomic E-state index is -0.113. The zero-order valence-corrected chi connectivity index (χ0v) is 19.7. The monoisotopic (exact) mass is 473 g/mol. The van der Waals surface area contributed by atoms with Crippen LogP contribution < -0.4 is 5.32 Å². The SMILES string of the molecule is CNc1cc(-c2ccc3cc(C#N)cnn23)ncc1-c1nnc([C@H]2CC[C@H](C(=O)OC)CC2)s1. The van der Waals surface area contributed by atoms with Gasteiger partial charge in [0.05, 0.1) is 47.3 Å². The first-order valence-corrected chi connectivity index (χ1v) is 11.9. The van der Waals surface area contributed by atoms with Crippen molar-refractivity contribution in [1.82, 2.24) is 24.8 Å². The van der Waals surface area contributed by atoms with E-state index in [2.05, 4.69) is 31.7 Å². The molecule has 10 heteroatoms. The lowest BCUT2D eigenvalue weighted by Crippen LogP contribution is -2.22. The van der Waals surface area contributed by atoms with Crippen LogP contribution in [0, 0.1) is 17.2 Å². The maximum absolute atomic E-state index is 11.8. The summed E-state index contributed by atoms with van der Waals surface area (Å²) < 4.78 is 6.67. The van der Waals surface area contributed by atoms with Crippen LogP contribution >= 0.6 is 11.3 Å². The fraction of sp³-hybridized carbons (Fsp3) is 0.333. The smallest absolute Gasteiger partial charge is 0.308 e. The van der Waals surface area contributed by atoms with Crippen molar-refractivity contribution < 1.29 is 9.53 Å². The third-order valence-electron chi connectivity index (χ3n) is 6.35. The number of carbonyl (C=O) groups excluding carboxylic acids is 1. The lowest BCUT2D eigenvalue weighted by Gasteiger charge is -2.25. The van der Waals surface area contributed by atoms with Crippen LogP contribution in [0.5, 0.6) is 0 Å². The van der Waals surface area contributed by atoms with E-state index in [4.69, 9.17) is 10.00 Å². The van der Waals surface area contributed by atoms with Crippen molar-refractivity contribution in [2.75, 3.05) is 19.5 Å². The molecule has 4 heterocycles. The minimum Gasteiger partial charge on any atom is -0.469 e. The molecule has 0 aliphatic heterocycles. The largest absolute Gasteiger partial charge is 0.469 e. The number of methoxy groups -OCH3 is 1. The number of rotatable bonds is 5. The molecule has 5 rings (SSSR count). The molecule has 4 aromatic rings. The highest BCUT2D eigenvalue weighted by Gasteiger charge is 2.29. The van der Waals surface area contributed by atoms with Crippen molar-refractivity contribution in [3.63, 3.8) is 0 Å². The molecule has 4 aromatic heterocycles. The number of carbonyl (C=O) groups is 1. The Labute approximate surface area is 200 Å². The normalized spacial score (nSPS) is 17.9. The minimum absolute atomic E-state index is 0.00704. The fourth-order valence-corrected chi connectivity index (χ4v) is 5.51. The van der Waals surface area contributed by atoms with Gasteiger partial charge in [0.15, 0.2) is 5.01 Å². The molecule has 0 atom stereocenters. The Morgan fingerprint density at radius 1 is 1.21 bits per heavy atom. The van der Waals surface area contributed by atoms with E-state index in [1.165, 1.54) is 7.11 Å². The second kappa shape index (κ2) is 9.19. The summed E-state index contributed by atoms with van der Waals surface area (Å²) in [5, 5.41) is 27.5. The Morgan fingerprint density at radius 2 is 2.03 bits per heavy atom. The molecule has 1 fully saturated rings. The molecule has 9 nitrogen and oxygen atoms in total. The average molecular weight is 474 g/mol. The van der Waals surface area contributed by atoms with Crippen molar-refractivity contribution in [1.29, 1.82) is 5.26 Å². The third-order valence-corrected chi connectivity index (χ3v) is 7.47. The van der Waals surface area contributed by atoms with Crippen LogP contribution in [0.4, 0.5) is 5.69 Å². The first-order valence-electron chi connectivity index (χ1n) is 11.1. The van der Waals surface area contributed by atoms with E-state index in [0.717, 1.165) is 63.9 Å². The Balaban J connectivity index is 1.39. The summed E-state index contributed by atoms with van der Waals surface area (Å²) in [5.74, 6) is 0.193. The number of anilines is 1. The molecule has 0 saturated heterocycles. The Bertz CT molecular complexity index is 1400. The molecular formula is C24H23N7O2S. The summed E-state index contributed by atoms with van der Waals surface area (Å²) in [6, 6.07) is 9.75. The number of fused-ring (bicyclic) bond motifs is 1. The maximum Gasteiger partial charge on any atom is 0.308 e. The first-order chi connectivity index (χ1) is 16.6. The average Bonchev–Trinajstić information content (AvgIpc) is 3.55. The van der Waals surface area contributed by atoms with E-state index in [-0.39, 0.29) is 11.9 Å². The zero-order chi connectivity index (χ0) is 23.7. The van der Waals surface area contributed by atoms with Crippen LogP contribution in [0.25, 0.3) is 27.5 Å². The first kappa shape index (κ1) is 22.0. The van der Waals surface area contributed by atoms with Gasteiger partial charge in [-0.2, -0.15) is 10.4 Å². The van der Waals surface area contributed by atoms with Gasteiger partial charge >= 0.3 is 5.97 Å². The summed E-state index contributed by atoms with van der Waals surface area (Å²) >= 11 is 1.58. The molecule has 1 aliphatic rings. The van der Waals surface area contributed by atoms with Gasteiger partial charge in [-0.05, 0) is 49.9 Å². The van der Waals surface area contributed by atoms with Crippen LogP contribution in [0.3, 0.4) is 0 Å². The van der Waals surface area contributed by atoms with Gasteiger partial charge in [0.25, 0.3) is 0 Å². The van der Waals surface area contributed by atoms with Crippen LogP contribution in [0.2, 0.25) is 0 Å². The number of nitriles is 1. The molecule has 1 N–H and O–H groups in total. The van der Waals surface area contributed by atoms with Gasteiger partial charge in [-0.15, -0.1) is 10.2 Å². The van der Waals surface area contributed by atoms with Gasteiger partial charge in [0.2, 0.25) is 0 Å². The van der Waals surface area contributed by atoms with Crippen LogP contribution in [0.1, 0.15) is 42.2 Å². The van der Waals surface area contributed by atoms with Gasteiger partial charge in [0, 0.05) is 24.8 Å². The van der Waals surface area contributed by atoms with E-state index >= 15 is 0 Å². The number of hydrogen-bond donors (Lipinski definition) is 1. The number of nitrogens with zero attached hydrogens (tertiary/aromatic N) is 6. The predicted octanol–water partition coefficient (Wildman–Crippen LogP) is 4.27. The Kier molecular flexibility index (Phi) is 5.94. The topological polar surface area (TPSA) is 118 Å². The predicted molar refractivity (Wildman–Crippen MR) is 128 cm³/mol. The standard InChI is InChI=1S/C24H23N7O2S/c1-26-19-10-20(21-8-7-17-9-14(11-25)12-28-31(17)21)27-13-18(19)23-30-29-22(34-23)15-3-5-16(6-4-15)24(32)33-2/h7-10,12-13,15-16H,3-6H2,1-2H3,(H,26,27)/t15-,16-. The number of pyridine rings is 1. The van der Waals surface area contributed by atoms with Gasteiger partial charge < -0.3 is 10.1 Å². The fourth-order valence-electron chi connectivity index (χ4n) is 4.48. The van der Waals surface area contributed by atoms with Crippen LogP contribution in [-0.2, 0) is 9.53 Å². The lowest BCUT2D eigenvalue weighted by molar-refractivity contribution is -0.146. The van der Waals surface area contributed by atoms with Gasteiger partial charge in [-0.1, -0.05) is 11.3 Å². The molecule has 0 spiro atoms. The zero-order valence-electron chi connectivity index (χ0n) is 18.9. The highest BCUT2D eigenvalue weighted by molar-refractivity contribution is 7.14. The number of nitrogens with one attached hydrogen (secondary N) is 1. The highest BCUT2D eigenvalue weighted by Crippen LogP contribution is 2.40. The molecule has 0 unspecified atom stereocenters. The molecule has 1 aliphatic carbocycles. The van der Waals surface area contributed by atoms with Crippen molar-refractivity contribution in [3.8, 4) is 28.0 Å². The van der Waals surface area contributed by atoms with Crippen molar-refractivity contribution in [3.05, 3.63) is 47.2 Å². The number of hydrogen-bond acceptors (Lipinski definition) is 9. The van der Waals surface area contributed by atoms with E-state index in [0.29, 0.717) is 11.5 Å². The molecule has 0 bridgehead atoms. The number of aromatic nitrogens is 5. The van der Waals surface area contributed by atoms with Crippen molar-refractivity contribution in [2.24, 2.45) is 5.92 Å². The Hall–Kier alpha value is -3.84. The summed E-state index contributed by atoms with van der Waals surface area (Å²) in [4.78, 5) is 16.5. The van der Waals surface area contributed by atoms with Gasteiger partial charge in [0.1, 0.15) is 11.1 Å². The quantitative estimate of drug-likeness (QED) is 0.427. The summed E-state index contributed by atoms with van der Waals surface area (Å²) in [7, 11) is 3.32. The molecular weight excluding hydrogens is 450 g/mol. The number of esters is 1. The Morgan fingerprint density at radius 3 is 2.76 bits per heavy atom. The summed E-state index contributed by atoms with van der Waals surface area (Å²) in [6.45, 7) is 0. The van der Waals surface area contributed by atoms with Crippen molar-refractivity contribution in [2.45, 2.75) is 31.6 Å². The van der Waals surface area contributed by atoms with E-state index < -0.39 is 0 Å². The molecule has 1 saturated carbocycles. The van der Waals surface area contributed by atoms with Crippen LogP contribution in [0.15, 0.2) is 36.7 Å². The van der Waals surface area contributed by atoms with Crippen molar-refractivity contribution >= 4 is 28.5 Å². The van der Waals surface area contributed by atoms with Crippen LogP contribution in [-0.4, -0.2) is 44.9 Å². The van der Waals surface area contributed by atoms with E-state index in [1.807, 2.05) is 31.4 Å². The van der Waals surface area contributed by atoms with E-state index in [9.17, 15) is 4.79 Å². The number of ether oxygens (including phenoxy) is 1. The lowest BCUT2D eigenvalue weighted by atomic mass is 9.82. The maximum atomic E-state index is 11.8. The molecule has 34 heavy (non-hydrogen) atoms. The summed E-state index contributed by atoms with van der Waals surface area (Å²) in [5.41, 5.74) is 4.73. The van der Waals surface area contributed by atoms with Gasteiger partial charge in [-0.25, -0.2) is 4.52 Å². The highest BCUT2D eigenvalue weighted by atomic mass is 32.1. The second-order valence-corrected chi connectivity index (χ2v) is 9.30. The molecule has 0 amide bonds. The van der Waals surface area contributed by atoms with E-state index in [1.54, 1.807) is 28.1 Å². The molecule has 0 aromatic carbocycles. The molecule has 0 radical (unpaired) electrons. The summed E-state index contributed by atoms with van der Waals surface area (Å²) in [6.07, 6.45) is 6.81. The third kappa shape index (κ3) is 3.99. The second-order valence-electron chi connectivity index (χ2n) is 8.29. The molecule has 172 valence electrons. The van der Waals surface area contributed by atoms with Gasteiger partial charge in [-0.3, -0.25) is 9.78 Å².